The van der Waals surface area contributed by atoms with Gasteiger partial charge in [0, 0.05) is 11.8 Å². The van der Waals surface area contributed by atoms with Gasteiger partial charge >= 0.3 is 0 Å². The Hall–Kier alpha value is -2.56. The van der Waals surface area contributed by atoms with E-state index in [0.717, 1.165) is 22.4 Å². The minimum Gasteiger partial charge on any atom is -0.496 e. The molecule has 4 nitrogen and oxygen atoms in total. The number of aryl methyl sites for hydroxylation is 2. The van der Waals surface area contributed by atoms with Crippen molar-refractivity contribution in [3.8, 4) is 17.0 Å². The quantitative estimate of drug-likeness (QED) is 0.785. The van der Waals surface area contributed by atoms with Gasteiger partial charge < -0.3 is 10.5 Å². The summed E-state index contributed by atoms with van der Waals surface area (Å²) >= 11 is 0. The molecule has 0 aliphatic heterocycles. The minimum absolute atomic E-state index is 0.346. The first-order valence-electron chi connectivity index (χ1n) is 6.60. The van der Waals surface area contributed by atoms with Crippen molar-refractivity contribution in [2.24, 2.45) is 0 Å². The lowest BCUT2D eigenvalue weighted by molar-refractivity contribution is 0.411. The van der Waals surface area contributed by atoms with Crippen LogP contribution in [0, 0.1) is 19.7 Å². The first-order valence-corrected chi connectivity index (χ1v) is 6.60. The van der Waals surface area contributed by atoms with Crippen molar-refractivity contribution in [1.29, 1.82) is 0 Å². The van der Waals surface area contributed by atoms with Gasteiger partial charge in [-0.1, -0.05) is 0 Å². The molecule has 0 saturated heterocycles. The number of hydrogen-bond acceptors (Lipinski definition) is 3. The molecule has 5 heteroatoms. The molecule has 0 amide bonds. The highest BCUT2D eigenvalue weighted by atomic mass is 19.1. The number of pyridine rings is 1. The third kappa shape index (κ3) is 2.11. The topological polar surface area (TPSA) is 52.5 Å². The van der Waals surface area contributed by atoms with Crippen LogP contribution in [0.25, 0.3) is 16.9 Å². The summed E-state index contributed by atoms with van der Waals surface area (Å²) in [7, 11) is 1.64. The second kappa shape index (κ2) is 4.77. The van der Waals surface area contributed by atoms with Crippen LogP contribution in [-0.2, 0) is 0 Å². The van der Waals surface area contributed by atoms with Gasteiger partial charge in [0.25, 0.3) is 0 Å². The van der Waals surface area contributed by atoms with Gasteiger partial charge in [0.1, 0.15) is 28.7 Å². The molecule has 0 radical (unpaired) electrons. The summed E-state index contributed by atoms with van der Waals surface area (Å²) in [5.74, 6) is 0.905. The van der Waals surface area contributed by atoms with E-state index in [9.17, 15) is 4.39 Å². The molecule has 21 heavy (non-hydrogen) atoms. The molecule has 0 bridgehead atoms. The largest absolute Gasteiger partial charge is 0.496 e. The van der Waals surface area contributed by atoms with Gasteiger partial charge in [0.2, 0.25) is 0 Å². The van der Waals surface area contributed by atoms with Crippen LogP contribution >= 0.6 is 0 Å². The molecule has 3 rings (SSSR count). The monoisotopic (exact) mass is 285 g/mol. The van der Waals surface area contributed by atoms with E-state index in [1.807, 2.05) is 26.0 Å². The average molecular weight is 285 g/mol. The van der Waals surface area contributed by atoms with E-state index in [1.165, 1.54) is 12.3 Å². The first kappa shape index (κ1) is 13.4. The second-order valence-corrected chi connectivity index (χ2v) is 5.06. The Morgan fingerprint density at radius 1 is 1.19 bits per heavy atom. The third-order valence-corrected chi connectivity index (χ3v) is 3.62. The maximum absolute atomic E-state index is 13.3. The molecule has 2 N–H and O–H groups in total. The molecule has 1 aromatic carbocycles. The number of aromatic nitrogens is 2. The van der Waals surface area contributed by atoms with E-state index in [0.29, 0.717) is 17.2 Å². The standard InChI is InChI=1S/C16H16FN3O/c1-9-7-13(21-3)10(2)6-12(9)15-16(18)20-8-11(17)4-5-14(20)19-15/h4-8H,18H2,1-3H3. The fourth-order valence-corrected chi connectivity index (χ4v) is 2.50. The fourth-order valence-electron chi connectivity index (χ4n) is 2.50. The van der Waals surface area contributed by atoms with Crippen molar-refractivity contribution in [3.05, 3.63) is 47.4 Å². The van der Waals surface area contributed by atoms with Crippen LogP contribution in [0.15, 0.2) is 30.5 Å². The summed E-state index contributed by atoms with van der Waals surface area (Å²) in [6.07, 6.45) is 1.34. The van der Waals surface area contributed by atoms with Crippen molar-refractivity contribution in [2.45, 2.75) is 13.8 Å². The van der Waals surface area contributed by atoms with Gasteiger partial charge in [-0.2, -0.15) is 0 Å². The van der Waals surface area contributed by atoms with Gasteiger partial charge in [-0.3, -0.25) is 4.40 Å². The molecular formula is C16H16FN3O. The van der Waals surface area contributed by atoms with Crippen molar-refractivity contribution < 1.29 is 9.13 Å². The Bertz CT molecular complexity index is 839. The number of anilines is 1. The molecular weight excluding hydrogens is 269 g/mol. The lowest BCUT2D eigenvalue weighted by Gasteiger charge is -2.10. The SMILES string of the molecule is COc1cc(C)c(-c2nc3ccc(F)cn3c2N)cc1C. The number of halogens is 1. The summed E-state index contributed by atoms with van der Waals surface area (Å²) in [6.45, 7) is 3.94. The summed E-state index contributed by atoms with van der Waals surface area (Å²) in [6, 6.07) is 6.93. The molecule has 2 aromatic heterocycles. The maximum Gasteiger partial charge on any atom is 0.140 e. The summed E-state index contributed by atoms with van der Waals surface area (Å²) in [5, 5.41) is 0. The number of nitrogens with two attached hydrogens (primary N) is 1. The van der Waals surface area contributed by atoms with Crippen molar-refractivity contribution >= 4 is 11.5 Å². The molecule has 0 aliphatic carbocycles. The number of imidazole rings is 1. The Kier molecular flexibility index (Phi) is 3.05. The molecule has 3 aromatic rings. The number of fused-ring (bicyclic) bond motifs is 1. The maximum atomic E-state index is 13.3. The number of nitrogen functional groups attached to an aromatic ring is 1. The minimum atomic E-state index is -0.346. The molecule has 108 valence electrons. The smallest absolute Gasteiger partial charge is 0.140 e. The first-order chi connectivity index (χ1) is 10.0. The fraction of sp³-hybridized carbons (Fsp3) is 0.188. The highest BCUT2D eigenvalue weighted by Crippen LogP contribution is 2.33. The Balaban J connectivity index is 2.25. The Morgan fingerprint density at radius 2 is 1.95 bits per heavy atom. The van der Waals surface area contributed by atoms with Gasteiger partial charge in [0.15, 0.2) is 0 Å². The summed E-state index contributed by atoms with van der Waals surface area (Å²) < 4.78 is 20.2. The molecule has 0 spiro atoms. The Morgan fingerprint density at radius 3 is 2.67 bits per heavy atom. The van der Waals surface area contributed by atoms with E-state index in [1.54, 1.807) is 17.6 Å². The van der Waals surface area contributed by atoms with Crippen molar-refractivity contribution in [1.82, 2.24) is 9.38 Å². The molecule has 0 fully saturated rings. The van der Waals surface area contributed by atoms with Crippen LogP contribution in [0.2, 0.25) is 0 Å². The average Bonchev–Trinajstić information content (AvgIpc) is 2.78. The predicted octanol–water partition coefficient (Wildman–Crippen LogP) is 3.35. The number of hydrogen-bond donors (Lipinski definition) is 1. The van der Waals surface area contributed by atoms with Gasteiger partial charge in [-0.25, -0.2) is 9.37 Å². The van der Waals surface area contributed by atoms with Crippen LogP contribution < -0.4 is 10.5 Å². The number of ether oxygens (including phenoxy) is 1. The highest BCUT2D eigenvalue weighted by molar-refractivity contribution is 5.78. The van der Waals surface area contributed by atoms with Gasteiger partial charge in [-0.15, -0.1) is 0 Å². The van der Waals surface area contributed by atoms with Gasteiger partial charge in [0.05, 0.1) is 7.11 Å². The van der Waals surface area contributed by atoms with E-state index in [-0.39, 0.29) is 5.82 Å². The second-order valence-electron chi connectivity index (χ2n) is 5.06. The summed E-state index contributed by atoms with van der Waals surface area (Å²) in [5.41, 5.74) is 10.3. The lowest BCUT2D eigenvalue weighted by Crippen LogP contribution is -1.96. The predicted molar refractivity (Wildman–Crippen MR) is 81.0 cm³/mol. The molecule has 0 saturated carbocycles. The van der Waals surface area contributed by atoms with Crippen LogP contribution in [0.1, 0.15) is 11.1 Å². The van der Waals surface area contributed by atoms with Crippen LogP contribution in [0.3, 0.4) is 0 Å². The molecule has 0 atom stereocenters. The zero-order chi connectivity index (χ0) is 15.1. The number of methoxy groups -OCH3 is 1. The van der Waals surface area contributed by atoms with Crippen molar-refractivity contribution in [2.75, 3.05) is 12.8 Å². The van der Waals surface area contributed by atoms with Crippen LogP contribution in [0.5, 0.6) is 5.75 Å². The zero-order valence-corrected chi connectivity index (χ0v) is 12.1. The summed E-state index contributed by atoms with van der Waals surface area (Å²) in [4.78, 5) is 4.51. The van der Waals surface area contributed by atoms with E-state index in [2.05, 4.69) is 4.98 Å². The molecule has 2 heterocycles. The van der Waals surface area contributed by atoms with Crippen molar-refractivity contribution in [3.63, 3.8) is 0 Å². The van der Waals surface area contributed by atoms with E-state index >= 15 is 0 Å². The molecule has 0 unspecified atom stereocenters. The normalized spacial score (nSPS) is 11.0. The highest BCUT2D eigenvalue weighted by Gasteiger charge is 2.15. The molecule has 0 aliphatic rings. The number of rotatable bonds is 2. The van der Waals surface area contributed by atoms with Crippen LogP contribution in [0.4, 0.5) is 10.2 Å². The van der Waals surface area contributed by atoms with Crippen LogP contribution in [-0.4, -0.2) is 16.5 Å². The number of nitrogens with zero attached hydrogens (tertiary/aromatic N) is 2. The number of benzene rings is 1. The lowest BCUT2D eigenvalue weighted by atomic mass is 10.0. The van der Waals surface area contributed by atoms with E-state index in [4.69, 9.17) is 10.5 Å². The zero-order valence-electron chi connectivity index (χ0n) is 12.1. The third-order valence-electron chi connectivity index (χ3n) is 3.62. The van der Waals surface area contributed by atoms with Gasteiger partial charge in [-0.05, 0) is 49.2 Å². The van der Waals surface area contributed by atoms with E-state index < -0.39 is 0 Å². The Labute approximate surface area is 122 Å².